The van der Waals surface area contributed by atoms with E-state index in [4.69, 9.17) is 5.11 Å². The van der Waals surface area contributed by atoms with Crippen LogP contribution in [0.4, 0.5) is 0 Å². The van der Waals surface area contributed by atoms with Crippen LogP contribution < -0.4 is 0 Å². The van der Waals surface area contributed by atoms with Gasteiger partial charge in [0, 0.05) is 0 Å². The monoisotopic (exact) mass is 176 g/mol. The lowest BCUT2D eigenvalue weighted by Crippen LogP contribution is -2.03. The number of aromatic carboxylic acids is 1. The molecule has 1 rings (SSSR count). The third-order valence-electron chi connectivity index (χ3n) is 1.95. The van der Waals surface area contributed by atoms with Crippen molar-refractivity contribution in [2.75, 3.05) is 0 Å². The molecular formula is C11H12O2. The van der Waals surface area contributed by atoms with Crippen molar-refractivity contribution >= 4 is 11.5 Å². The van der Waals surface area contributed by atoms with Gasteiger partial charge in [-0.25, -0.2) is 4.79 Å². The molecule has 1 aromatic rings. The fraction of sp³-hybridized carbons (Fsp3) is 0.182. The molecular weight excluding hydrogens is 164 g/mol. The Balaban J connectivity index is 3.43. The molecule has 1 aromatic carbocycles. The molecule has 1 N–H and O–H groups in total. The van der Waals surface area contributed by atoms with Crippen LogP contribution >= 0.6 is 0 Å². The molecule has 2 nitrogen and oxygen atoms in total. The van der Waals surface area contributed by atoms with Crippen molar-refractivity contribution < 1.29 is 9.90 Å². The van der Waals surface area contributed by atoms with Crippen LogP contribution in [0.5, 0.6) is 0 Å². The summed E-state index contributed by atoms with van der Waals surface area (Å²) < 4.78 is 0. The van der Waals surface area contributed by atoms with E-state index in [0.717, 1.165) is 11.1 Å². The van der Waals surface area contributed by atoms with Gasteiger partial charge in [0.05, 0.1) is 5.56 Å². The molecule has 0 radical (unpaired) electrons. The molecule has 0 aliphatic rings. The van der Waals surface area contributed by atoms with Crippen LogP contribution in [-0.2, 0) is 0 Å². The molecule has 0 spiro atoms. The van der Waals surface area contributed by atoms with Crippen molar-refractivity contribution in [3.05, 3.63) is 41.5 Å². The van der Waals surface area contributed by atoms with E-state index in [1.54, 1.807) is 26.0 Å². The summed E-state index contributed by atoms with van der Waals surface area (Å²) in [5.74, 6) is -0.892. The van der Waals surface area contributed by atoms with Gasteiger partial charge in [0.25, 0.3) is 0 Å². The maximum atomic E-state index is 10.9. The largest absolute Gasteiger partial charge is 0.478 e. The lowest BCUT2D eigenvalue weighted by Gasteiger charge is -2.07. The Bertz CT molecular complexity index is 364. The van der Waals surface area contributed by atoms with E-state index in [-0.39, 0.29) is 0 Å². The average molecular weight is 176 g/mol. The van der Waals surface area contributed by atoms with E-state index in [9.17, 15) is 4.79 Å². The molecule has 0 amide bonds. The van der Waals surface area contributed by atoms with Crippen LogP contribution in [0.25, 0.3) is 5.57 Å². The highest BCUT2D eigenvalue weighted by atomic mass is 16.4. The van der Waals surface area contributed by atoms with E-state index in [0.29, 0.717) is 11.1 Å². The Morgan fingerprint density at radius 1 is 1.46 bits per heavy atom. The number of carboxylic acids is 1. The standard InChI is InChI=1S/C11H12O2/c1-7(2)9-6-4-5-8(3)10(9)11(12)13/h4-6H,1H2,2-3H3,(H,12,13). The van der Waals surface area contributed by atoms with Crippen LogP contribution in [0, 0.1) is 6.92 Å². The van der Waals surface area contributed by atoms with Crippen molar-refractivity contribution in [3.63, 3.8) is 0 Å². The second-order valence-corrected chi connectivity index (χ2v) is 3.08. The van der Waals surface area contributed by atoms with Gasteiger partial charge >= 0.3 is 5.97 Å². The quantitative estimate of drug-likeness (QED) is 0.752. The molecule has 0 saturated heterocycles. The van der Waals surface area contributed by atoms with Crippen molar-refractivity contribution in [3.8, 4) is 0 Å². The summed E-state index contributed by atoms with van der Waals surface area (Å²) in [6.07, 6.45) is 0. The van der Waals surface area contributed by atoms with Crippen molar-refractivity contribution in [2.45, 2.75) is 13.8 Å². The summed E-state index contributed by atoms with van der Waals surface area (Å²) in [4.78, 5) is 10.9. The third-order valence-corrected chi connectivity index (χ3v) is 1.95. The number of allylic oxidation sites excluding steroid dienone is 1. The normalized spacial score (nSPS) is 9.69. The van der Waals surface area contributed by atoms with E-state index in [1.165, 1.54) is 0 Å². The molecule has 0 fully saturated rings. The number of benzene rings is 1. The molecule has 0 saturated carbocycles. The number of hydrogen-bond donors (Lipinski definition) is 1. The molecule has 0 aromatic heterocycles. The summed E-state index contributed by atoms with van der Waals surface area (Å²) in [5, 5.41) is 8.95. The topological polar surface area (TPSA) is 37.3 Å². The smallest absolute Gasteiger partial charge is 0.336 e. The first kappa shape index (κ1) is 9.52. The van der Waals surface area contributed by atoms with E-state index in [1.807, 2.05) is 6.07 Å². The van der Waals surface area contributed by atoms with Crippen LogP contribution in [0.2, 0.25) is 0 Å². The Hall–Kier alpha value is -1.57. The van der Waals surface area contributed by atoms with Crippen LogP contribution in [0.3, 0.4) is 0 Å². The predicted molar refractivity (Wildman–Crippen MR) is 52.8 cm³/mol. The predicted octanol–water partition coefficient (Wildman–Crippen LogP) is 2.73. The molecule has 0 atom stereocenters. The lowest BCUT2D eigenvalue weighted by atomic mass is 9.98. The molecule has 0 aliphatic carbocycles. The fourth-order valence-corrected chi connectivity index (χ4v) is 1.31. The first-order chi connectivity index (χ1) is 6.04. The second kappa shape index (κ2) is 3.44. The summed E-state index contributed by atoms with van der Waals surface area (Å²) in [6.45, 7) is 7.34. The molecule has 0 bridgehead atoms. The minimum Gasteiger partial charge on any atom is -0.478 e. The SMILES string of the molecule is C=C(C)c1cccc(C)c1C(=O)O. The molecule has 2 heteroatoms. The van der Waals surface area contributed by atoms with Gasteiger partial charge in [-0.05, 0) is 25.0 Å². The van der Waals surface area contributed by atoms with Crippen molar-refractivity contribution in [1.82, 2.24) is 0 Å². The zero-order valence-electron chi connectivity index (χ0n) is 7.79. The van der Waals surface area contributed by atoms with E-state index < -0.39 is 5.97 Å². The molecule has 0 aliphatic heterocycles. The summed E-state index contributed by atoms with van der Waals surface area (Å²) >= 11 is 0. The first-order valence-corrected chi connectivity index (χ1v) is 4.03. The number of aryl methyl sites for hydroxylation is 1. The maximum Gasteiger partial charge on any atom is 0.336 e. The highest BCUT2D eigenvalue weighted by Crippen LogP contribution is 2.20. The summed E-state index contributed by atoms with van der Waals surface area (Å²) in [7, 11) is 0. The number of carbonyl (C=O) groups is 1. The molecule has 0 heterocycles. The Kier molecular flexibility index (Phi) is 2.52. The van der Waals surface area contributed by atoms with Crippen molar-refractivity contribution in [1.29, 1.82) is 0 Å². The van der Waals surface area contributed by atoms with Gasteiger partial charge in [-0.2, -0.15) is 0 Å². The highest BCUT2D eigenvalue weighted by molar-refractivity contribution is 5.95. The fourth-order valence-electron chi connectivity index (χ4n) is 1.31. The van der Waals surface area contributed by atoms with Gasteiger partial charge in [0.2, 0.25) is 0 Å². The number of rotatable bonds is 2. The van der Waals surface area contributed by atoms with Gasteiger partial charge in [-0.15, -0.1) is 0 Å². The zero-order chi connectivity index (χ0) is 10.0. The lowest BCUT2D eigenvalue weighted by molar-refractivity contribution is 0.0696. The zero-order valence-corrected chi connectivity index (χ0v) is 7.79. The van der Waals surface area contributed by atoms with E-state index >= 15 is 0 Å². The Morgan fingerprint density at radius 3 is 2.46 bits per heavy atom. The van der Waals surface area contributed by atoms with Crippen molar-refractivity contribution in [2.24, 2.45) is 0 Å². The minimum absolute atomic E-state index is 0.356. The number of carboxylic acid groups (broad SMARTS) is 1. The van der Waals surface area contributed by atoms with Gasteiger partial charge in [-0.3, -0.25) is 0 Å². The molecule has 13 heavy (non-hydrogen) atoms. The molecule has 0 unspecified atom stereocenters. The summed E-state index contributed by atoms with van der Waals surface area (Å²) in [6, 6.07) is 5.40. The minimum atomic E-state index is -0.892. The van der Waals surface area contributed by atoms with Gasteiger partial charge in [-0.1, -0.05) is 30.4 Å². The maximum absolute atomic E-state index is 10.9. The van der Waals surface area contributed by atoms with Crippen LogP contribution in [0.1, 0.15) is 28.4 Å². The molecule has 68 valence electrons. The Morgan fingerprint density at radius 2 is 2.08 bits per heavy atom. The van der Waals surface area contributed by atoms with Crippen LogP contribution in [-0.4, -0.2) is 11.1 Å². The second-order valence-electron chi connectivity index (χ2n) is 3.08. The number of hydrogen-bond acceptors (Lipinski definition) is 1. The van der Waals surface area contributed by atoms with E-state index in [2.05, 4.69) is 6.58 Å². The van der Waals surface area contributed by atoms with Gasteiger partial charge in [0.15, 0.2) is 0 Å². The highest BCUT2D eigenvalue weighted by Gasteiger charge is 2.12. The van der Waals surface area contributed by atoms with Gasteiger partial charge < -0.3 is 5.11 Å². The van der Waals surface area contributed by atoms with Gasteiger partial charge in [0.1, 0.15) is 0 Å². The Labute approximate surface area is 77.5 Å². The summed E-state index contributed by atoms with van der Waals surface area (Å²) in [5.41, 5.74) is 2.62. The third kappa shape index (κ3) is 1.78. The first-order valence-electron chi connectivity index (χ1n) is 4.03. The average Bonchev–Trinajstić information content (AvgIpc) is 2.02. The van der Waals surface area contributed by atoms with Crippen LogP contribution in [0.15, 0.2) is 24.8 Å².